The summed E-state index contributed by atoms with van der Waals surface area (Å²) in [5, 5.41) is 2.95. The molecule has 0 aromatic carbocycles. The molecular formula is C9H12F3N3O. The molecule has 4 nitrogen and oxygen atoms in total. The van der Waals surface area contributed by atoms with Crippen LogP contribution in [-0.4, -0.2) is 16.2 Å². The van der Waals surface area contributed by atoms with E-state index in [9.17, 15) is 13.2 Å². The van der Waals surface area contributed by atoms with Gasteiger partial charge in [-0.3, -0.25) is 0 Å². The molecule has 1 aliphatic carbocycles. The molecule has 0 saturated heterocycles. The van der Waals surface area contributed by atoms with Crippen LogP contribution in [0.1, 0.15) is 37.9 Å². The predicted octanol–water partition coefficient (Wildman–Crippen LogP) is 1.86. The third-order valence-electron chi connectivity index (χ3n) is 3.20. The average Bonchev–Trinajstić information content (AvgIpc) is 2.74. The molecule has 2 atom stereocenters. The fraction of sp³-hybridized carbons (Fsp3) is 0.778. The largest absolute Gasteiger partial charge is 0.455 e. The normalized spacial score (nSPS) is 30.9. The van der Waals surface area contributed by atoms with Crippen molar-refractivity contribution in [1.82, 2.24) is 10.1 Å². The first kappa shape index (κ1) is 11.4. The summed E-state index contributed by atoms with van der Waals surface area (Å²) in [6.45, 7) is 1.76. The van der Waals surface area contributed by atoms with Gasteiger partial charge in [-0.25, -0.2) is 0 Å². The van der Waals surface area contributed by atoms with Crippen LogP contribution in [0.2, 0.25) is 0 Å². The van der Waals surface area contributed by atoms with Crippen LogP contribution in [-0.2, 0) is 11.6 Å². The number of alkyl halides is 3. The first-order chi connectivity index (χ1) is 7.34. The van der Waals surface area contributed by atoms with Crippen LogP contribution >= 0.6 is 0 Å². The van der Waals surface area contributed by atoms with E-state index in [2.05, 4.69) is 14.7 Å². The second-order valence-corrected chi connectivity index (χ2v) is 4.34. The Kier molecular flexibility index (Phi) is 2.45. The SMILES string of the molecule is CC1(c2nc(C(F)(F)F)no2)CCCC1N. The van der Waals surface area contributed by atoms with Crippen molar-refractivity contribution < 1.29 is 17.7 Å². The molecule has 0 spiro atoms. The molecule has 90 valence electrons. The molecule has 1 aromatic rings. The lowest BCUT2D eigenvalue weighted by Crippen LogP contribution is -2.38. The maximum atomic E-state index is 12.3. The second-order valence-electron chi connectivity index (χ2n) is 4.34. The summed E-state index contributed by atoms with van der Waals surface area (Å²) in [4.78, 5) is 3.40. The fourth-order valence-electron chi connectivity index (χ4n) is 2.03. The molecule has 0 bridgehead atoms. The van der Waals surface area contributed by atoms with Crippen LogP contribution < -0.4 is 5.73 Å². The van der Waals surface area contributed by atoms with Gasteiger partial charge >= 0.3 is 6.18 Å². The van der Waals surface area contributed by atoms with Gasteiger partial charge in [-0.15, -0.1) is 0 Å². The maximum Gasteiger partial charge on any atom is 0.455 e. The zero-order chi connectivity index (χ0) is 12.0. The lowest BCUT2D eigenvalue weighted by Gasteiger charge is -2.23. The Morgan fingerprint density at radius 1 is 1.50 bits per heavy atom. The quantitative estimate of drug-likeness (QED) is 0.806. The highest BCUT2D eigenvalue weighted by Crippen LogP contribution is 2.40. The van der Waals surface area contributed by atoms with Crippen molar-refractivity contribution in [3.05, 3.63) is 11.7 Å². The Hall–Kier alpha value is -1.11. The standard InChI is InChI=1S/C9H12F3N3O/c1-8(4-2-3-5(8)13)7-14-6(15-16-7)9(10,11)12/h5H,2-4,13H2,1H3. The Labute approximate surface area is 90.0 Å². The first-order valence-electron chi connectivity index (χ1n) is 5.01. The van der Waals surface area contributed by atoms with Gasteiger partial charge in [-0.2, -0.15) is 18.2 Å². The number of halogens is 3. The van der Waals surface area contributed by atoms with E-state index < -0.39 is 17.4 Å². The molecule has 7 heteroatoms. The molecule has 2 unspecified atom stereocenters. The Bertz CT molecular complexity index is 390. The second kappa shape index (κ2) is 3.44. The minimum Gasteiger partial charge on any atom is -0.338 e. The van der Waals surface area contributed by atoms with Crippen LogP contribution in [0.5, 0.6) is 0 Å². The van der Waals surface area contributed by atoms with Gasteiger partial charge < -0.3 is 10.3 Å². The molecule has 2 N–H and O–H groups in total. The average molecular weight is 235 g/mol. The lowest BCUT2D eigenvalue weighted by atomic mass is 9.85. The number of aromatic nitrogens is 2. The lowest BCUT2D eigenvalue weighted by molar-refractivity contribution is -0.146. The molecule has 1 fully saturated rings. The first-order valence-corrected chi connectivity index (χ1v) is 5.01. The highest BCUT2D eigenvalue weighted by atomic mass is 19.4. The zero-order valence-corrected chi connectivity index (χ0v) is 8.71. The maximum absolute atomic E-state index is 12.3. The summed E-state index contributed by atoms with van der Waals surface area (Å²) in [6.07, 6.45) is -2.27. The number of rotatable bonds is 1. The van der Waals surface area contributed by atoms with Gasteiger partial charge in [0.1, 0.15) is 0 Å². The van der Waals surface area contributed by atoms with Crippen LogP contribution in [0, 0.1) is 0 Å². The molecule has 0 amide bonds. The van der Waals surface area contributed by atoms with Crippen molar-refractivity contribution in [3.8, 4) is 0 Å². The molecule has 2 rings (SSSR count). The Morgan fingerprint density at radius 2 is 2.19 bits per heavy atom. The summed E-state index contributed by atoms with van der Waals surface area (Å²) >= 11 is 0. The Morgan fingerprint density at radius 3 is 2.62 bits per heavy atom. The van der Waals surface area contributed by atoms with E-state index in [1.165, 1.54) is 0 Å². The van der Waals surface area contributed by atoms with Crippen molar-refractivity contribution >= 4 is 0 Å². The summed E-state index contributed by atoms with van der Waals surface area (Å²) < 4.78 is 41.6. The van der Waals surface area contributed by atoms with Crippen molar-refractivity contribution in [2.24, 2.45) is 5.73 Å². The number of nitrogens with zero attached hydrogens (tertiary/aromatic N) is 2. The summed E-state index contributed by atoms with van der Waals surface area (Å²) in [5.41, 5.74) is 5.23. The van der Waals surface area contributed by atoms with Crippen molar-refractivity contribution in [3.63, 3.8) is 0 Å². The molecule has 1 saturated carbocycles. The van der Waals surface area contributed by atoms with Gasteiger partial charge in [0.15, 0.2) is 0 Å². The van der Waals surface area contributed by atoms with Gasteiger partial charge in [0.05, 0.1) is 5.41 Å². The predicted molar refractivity (Wildman–Crippen MR) is 48.5 cm³/mol. The number of hydrogen-bond donors (Lipinski definition) is 1. The van der Waals surface area contributed by atoms with Crippen LogP contribution in [0.15, 0.2) is 4.52 Å². The molecule has 0 radical (unpaired) electrons. The van der Waals surface area contributed by atoms with E-state index in [0.29, 0.717) is 6.42 Å². The molecule has 0 aliphatic heterocycles. The van der Waals surface area contributed by atoms with Crippen molar-refractivity contribution in [1.29, 1.82) is 0 Å². The van der Waals surface area contributed by atoms with Gasteiger partial charge in [-0.05, 0) is 19.8 Å². The third-order valence-corrected chi connectivity index (χ3v) is 3.20. The van der Waals surface area contributed by atoms with Crippen molar-refractivity contribution in [2.75, 3.05) is 0 Å². The van der Waals surface area contributed by atoms with E-state index in [1.54, 1.807) is 6.92 Å². The van der Waals surface area contributed by atoms with Gasteiger partial charge in [-0.1, -0.05) is 11.6 Å². The van der Waals surface area contributed by atoms with Crippen LogP contribution in [0.4, 0.5) is 13.2 Å². The Balaban J connectivity index is 2.32. The molecule has 1 heterocycles. The monoisotopic (exact) mass is 235 g/mol. The zero-order valence-electron chi connectivity index (χ0n) is 8.71. The van der Waals surface area contributed by atoms with Gasteiger partial charge in [0.2, 0.25) is 5.89 Å². The third kappa shape index (κ3) is 1.68. The molecular weight excluding hydrogens is 223 g/mol. The van der Waals surface area contributed by atoms with E-state index in [0.717, 1.165) is 12.8 Å². The highest BCUT2D eigenvalue weighted by molar-refractivity contribution is 5.12. The van der Waals surface area contributed by atoms with E-state index >= 15 is 0 Å². The highest BCUT2D eigenvalue weighted by Gasteiger charge is 2.45. The molecule has 1 aromatic heterocycles. The molecule has 16 heavy (non-hydrogen) atoms. The minimum absolute atomic E-state index is 0.00942. The van der Waals surface area contributed by atoms with Gasteiger partial charge in [0.25, 0.3) is 5.82 Å². The summed E-state index contributed by atoms with van der Waals surface area (Å²) in [6, 6.07) is -0.228. The summed E-state index contributed by atoms with van der Waals surface area (Å²) in [7, 11) is 0. The minimum atomic E-state index is -4.57. The van der Waals surface area contributed by atoms with E-state index in [1.807, 2.05) is 0 Å². The van der Waals surface area contributed by atoms with Crippen LogP contribution in [0.25, 0.3) is 0 Å². The number of nitrogens with two attached hydrogens (primary N) is 1. The fourth-order valence-corrected chi connectivity index (χ4v) is 2.03. The molecule has 1 aliphatic rings. The van der Waals surface area contributed by atoms with E-state index in [4.69, 9.17) is 5.73 Å². The topological polar surface area (TPSA) is 64.9 Å². The number of hydrogen-bond acceptors (Lipinski definition) is 4. The van der Waals surface area contributed by atoms with Gasteiger partial charge in [0, 0.05) is 6.04 Å². The van der Waals surface area contributed by atoms with E-state index in [-0.39, 0.29) is 11.9 Å². The summed E-state index contributed by atoms with van der Waals surface area (Å²) in [5.74, 6) is -1.24. The van der Waals surface area contributed by atoms with Crippen molar-refractivity contribution in [2.45, 2.75) is 43.8 Å². The smallest absolute Gasteiger partial charge is 0.338 e. The van der Waals surface area contributed by atoms with Crippen LogP contribution in [0.3, 0.4) is 0 Å².